The number of halogens is 1. The molecule has 4 heterocycles. The molecule has 0 aliphatic carbocycles. The van der Waals surface area contributed by atoms with E-state index >= 15 is 0 Å². The van der Waals surface area contributed by atoms with E-state index in [1.165, 1.54) is 0 Å². The summed E-state index contributed by atoms with van der Waals surface area (Å²) in [4.78, 5) is 26.3. The van der Waals surface area contributed by atoms with Crippen molar-refractivity contribution in [3.05, 3.63) is 46.2 Å². The van der Waals surface area contributed by atoms with Gasteiger partial charge in [-0.3, -0.25) is 0 Å². The Balaban J connectivity index is 1.21. The summed E-state index contributed by atoms with van der Waals surface area (Å²) in [6, 6.07) is 7.05. The van der Waals surface area contributed by atoms with Crippen molar-refractivity contribution in [3.8, 4) is 11.8 Å². The van der Waals surface area contributed by atoms with E-state index in [1.54, 1.807) is 23.1 Å². The Morgan fingerprint density at radius 2 is 2.14 bits per heavy atom. The number of likely N-dealkylation sites (tertiary alicyclic amines) is 1. The van der Waals surface area contributed by atoms with Crippen molar-refractivity contribution in [1.29, 1.82) is 5.26 Å². The van der Waals surface area contributed by atoms with Crippen molar-refractivity contribution in [1.82, 2.24) is 25.1 Å². The van der Waals surface area contributed by atoms with Crippen molar-refractivity contribution >= 4 is 23.6 Å². The molecule has 2 fully saturated rings. The van der Waals surface area contributed by atoms with Gasteiger partial charge >= 0.3 is 6.03 Å². The van der Waals surface area contributed by atoms with Gasteiger partial charge in [0.05, 0.1) is 28.9 Å². The molecule has 3 aliphatic heterocycles. The van der Waals surface area contributed by atoms with Crippen LogP contribution in [0, 0.1) is 11.3 Å². The molecular formula is C25H30ClN7O3. The quantitative estimate of drug-likeness (QED) is 0.629. The smallest absolute Gasteiger partial charge is 0.318 e. The molecule has 1 aromatic heterocycles. The van der Waals surface area contributed by atoms with Gasteiger partial charge in [0.2, 0.25) is 5.95 Å². The maximum Gasteiger partial charge on any atom is 0.318 e. The lowest BCUT2D eigenvalue weighted by Gasteiger charge is -2.31. The summed E-state index contributed by atoms with van der Waals surface area (Å²) in [6.07, 6.45) is 4.22. The molecule has 11 heteroatoms. The number of hydrogen-bond acceptors (Lipinski definition) is 8. The summed E-state index contributed by atoms with van der Waals surface area (Å²) < 4.78 is 11.6. The van der Waals surface area contributed by atoms with Crippen molar-refractivity contribution in [2.45, 2.75) is 44.0 Å². The van der Waals surface area contributed by atoms with E-state index in [-0.39, 0.29) is 18.2 Å². The highest BCUT2D eigenvalue weighted by atomic mass is 35.5. The number of rotatable bonds is 5. The standard InChI is InChI=1S/C25H30ClN7O3/c1-32-13-22(23(15-32)36-19-3-2-16(11-27)20(26)10-19)31-25(34)33-7-4-17-12-28-24(30-21(17)14-33)29-18-5-8-35-9-6-18/h2-3,10,12,18,22-23H,4-9,13-15H2,1H3,(H,31,34)(H,28,29,30). The second-order valence-corrected chi connectivity index (χ2v) is 9.96. The summed E-state index contributed by atoms with van der Waals surface area (Å²) in [7, 11) is 2.00. The van der Waals surface area contributed by atoms with Gasteiger partial charge in [-0.25, -0.2) is 14.8 Å². The molecule has 0 bridgehead atoms. The number of ether oxygens (including phenoxy) is 2. The lowest BCUT2D eigenvalue weighted by molar-refractivity contribution is 0.0903. The SMILES string of the molecule is CN1CC(NC(=O)N2CCc3cnc(NC4CCOCC4)nc3C2)C(Oc2ccc(C#N)c(Cl)c2)C1. The van der Waals surface area contributed by atoms with Gasteiger partial charge in [-0.1, -0.05) is 11.6 Å². The lowest BCUT2D eigenvalue weighted by Crippen LogP contribution is -2.51. The Bertz CT molecular complexity index is 1150. The molecule has 5 rings (SSSR count). The van der Waals surface area contributed by atoms with Crippen LogP contribution in [0.2, 0.25) is 5.02 Å². The van der Waals surface area contributed by atoms with Crippen molar-refractivity contribution in [2.75, 3.05) is 45.2 Å². The third-order valence-electron chi connectivity index (χ3n) is 6.89. The molecular weight excluding hydrogens is 482 g/mol. The lowest BCUT2D eigenvalue weighted by atomic mass is 10.1. The van der Waals surface area contributed by atoms with E-state index in [0.29, 0.717) is 60.9 Å². The molecule has 190 valence electrons. The zero-order valence-electron chi connectivity index (χ0n) is 20.2. The molecule has 0 spiro atoms. The molecule has 3 aliphatic rings. The topological polar surface area (TPSA) is 116 Å². The van der Waals surface area contributed by atoms with Crippen LogP contribution >= 0.6 is 11.6 Å². The predicted molar refractivity (Wildman–Crippen MR) is 134 cm³/mol. The Morgan fingerprint density at radius 1 is 1.31 bits per heavy atom. The van der Waals surface area contributed by atoms with E-state index in [9.17, 15) is 4.79 Å². The molecule has 2 aromatic rings. The zero-order valence-corrected chi connectivity index (χ0v) is 21.0. The Labute approximate surface area is 215 Å². The Kier molecular flexibility index (Phi) is 7.41. The van der Waals surface area contributed by atoms with Gasteiger partial charge < -0.3 is 29.9 Å². The van der Waals surface area contributed by atoms with Gasteiger partial charge in [-0.05, 0) is 44.0 Å². The first-order chi connectivity index (χ1) is 17.5. The fourth-order valence-corrected chi connectivity index (χ4v) is 5.09. The highest BCUT2D eigenvalue weighted by molar-refractivity contribution is 6.31. The highest BCUT2D eigenvalue weighted by Crippen LogP contribution is 2.25. The van der Waals surface area contributed by atoms with Gasteiger partial charge in [0.1, 0.15) is 17.9 Å². The van der Waals surface area contributed by atoms with Gasteiger partial charge in [-0.15, -0.1) is 0 Å². The predicted octanol–water partition coefficient (Wildman–Crippen LogP) is 2.42. The van der Waals surface area contributed by atoms with Crippen molar-refractivity contribution in [3.63, 3.8) is 0 Å². The molecule has 10 nitrogen and oxygen atoms in total. The number of benzene rings is 1. The summed E-state index contributed by atoms with van der Waals surface area (Å²) >= 11 is 6.16. The maximum absolute atomic E-state index is 13.2. The van der Waals surface area contributed by atoms with Gasteiger partial charge in [-0.2, -0.15) is 5.26 Å². The molecule has 1 aromatic carbocycles. The minimum atomic E-state index is -0.238. The van der Waals surface area contributed by atoms with Gasteiger partial charge in [0.15, 0.2) is 0 Å². The Morgan fingerprint density at radius 3 is 2.92 bits per heavy atom. The number of urea groups is 1. The Hall–Kier alpha value is -3.13. The molecule has 0 radical (unpaired) electrons. The number of aromatic nitrogens is 2. The number of amides is 2. The molecule has 2 saturated heterocycles. The summed E-state index contributed by atoms with van der Waals surface area (Å²) in [5, 5.41) is 16.0. The van der Waals surface area contributed by atoms with Gasteiger partial charge in [0, 0.05) is 51.2 Å². The zero-order chi connectivity index (χ0) is 25.1. The highest BCUT2D eigenvalue weighted by Gasteiger charge is 2.35. The first-order valence-electron chi connectivity index (χ1n) is 12.3. The van der Waals surface area contributed by atoms with Crippen LogP contribution in [0.5, 0.6) is 5.75 Å². The molecule has 0 saturated carbocycles. The minimum absolute atomic E-state index is 0.134. The number of nitrogens with zero attached hydrogens (tertiary/aromatic N) is 5. The molecule has 2 atom stereocenters. The number of carbonyl (C=O) groups is 1. The summed E-state index contributed by atoms with van der Waals surface area (Å²) in [5.74, 6) is 1.18. The van der Waals surface area contributed by atoms with E-state index in [0.717, 1.165) is 37.3 Å². The second kappa shape index (κ2) is 10.9. The number of carbonyl (C=O) groups excluding carboxylic acids is 1. The van der Waals surface area contributed by atoms with Crippen LogP contribution in [0.1, 0.15) is 29.7 Å². The van der Waals surface area contributed by atoms with Crippen LogP contribution < -0.4 is 15.4 Å². The maximum atomic E-state index is 13.2. The van der Waals surface area contributed by atoms with Crippen molar-refractivity contribution in [2.24, 2.45) is 0 Å². The number of fused-ring (bicyclic) bond motifs is 1. The minimum Gasteiger partial charge on any atom is -0.487 e. The van der Waals surface area contributed by atoms with E-state index in [2.05, 4.69) is 20.5 Å². The normalized spacial score (nSPS) is 22.5. The van der Waals surface area contributed by atoms with E-state index in [4.69, 9.17) is 31.3 Å². The number of likely N-dealkylation sites (N-methyl/N-ethyl adjacent to an activating group) is 1. The van der Waals surface area contributed by atoms with Crippen LogP contribution in [0.15, 0.2) is 24.4 Å². The largest absolute Gasteiger partial charge is 0.487 e. The first kappa shape index (κ1) is 24.6. The van der Waals surface area contributed by atoms with Crippen LogP contribution in [-0.4, -0.2) is 83.9 Å². The molecule has 36 heavy (non-hydrogen) atoms. The molecule has 2 unspecified atom stereocenters. The van der Waals surface area contributed by atoms with Crippen LogP contribution in [-0.2, 0) is 17.7 Å². The fraction of sp³-hybridized carbons (Fsp3) is 0.520. The van der Waals surface area contributed by atoms with Crippen LogP contribution in [0.3, 0.4) is 0 Å². The average molecular weight is 512 g/mol. The van der Waals surface area contributed by atoms with E-state index in [1.807, 2.05) is 19.3 Å². The third-order valence-corrected chi connectivity index (χ3v) is 7.21. The van der Waals surface area contributed by atoms with Crippen molar-refractivity contribution < 1.29 is 14.3 Å². The van der Waals surface area contributed by atoms with E-state index < -0.39 is 0 Å². The third kappa shape index (κ3) is 5.64. The average Bonchev–Trinajstić information content (AvgIpc) is 3.22. The molecule has 2 amide bonds. The first-order valence-corrected chi connectivity index (χ1v) is 12.7. The number of nitrogens with one attached hydrogen (secondary N) is 2. The summed E-state index contributed by atoms with van der Waals surface area (Å²) in [5.41, 5.74) is 2.36. The number of hydrogen-bond donors (Lipinski definition) is 2. The second-order valence-electron chi connectivity index (χ2n) is 9.56. The number of nitriles is 1. The van der Waals surface area contributed by atoms with Crippen LogP contribution in [0.4, 0.5) is 10.7 Å². The van der Waals surface area contributed by atoms with Gasteiger partial charge in [0.25, 0.3) is 0 Å². The number of anilines is 1. The monoisotopic (exact) mass is 511 g/mol. The fourth-order valence-electron chi connectivity index (χ4n) is 4.88. The summed E-state index contributed by atoms with van der Waals surface area (Å²) in [6.45, 7) is 3.87. The van der Waals surface area contributed by atoms with Crippen LogP contribution in [0.25, 0.3) is 0 Å². The molecule has 2 N–H and O–H groups in total.